The summed E-state index contributed by atoms with van der Waals surface area (Å²) in [5.41, 5.74) is 0.830. The van der Waals surface area contributed by atoms with Crippen LogP contribution >= 0.6 is 0 Å². The number of nitrogens with one attached hydrogen (secondary N) is 2. The van der Waals surface area contributed by atoms with Crippen molar-refractivity contribution in [2.24, 2.45) is 0 Å². The fourth-order valence-electron chi connectivity index (χ4n) is 1.44. The van der Waals surface area contributed by atoms with Gasteiger partial charge in [-0.1, -0.05) is 5.21 Å². The highest BCUT2D eigenvalue weighted by atomic mass is 16.5. The Balaban J connectivity index is 2.13. The minimum absolute atomic E-state index is 0.139. The van der Waals surface area contributed by atoms with Crippen LogP contribution in [0.1, 0.15) is 31.4 Å². The van der Waals surface area contributed by atoms with E-state index in [4.69, 9.17) is 4.74 Å². The predicted molar refractivity (Wildman–Crippen MR) is 64.2 cm³/mol. The zero-order valence-corrected chi connectivity index (χ0v) is 10.5. The van der Waals surface area contributed by atoms with E-state index in [1.165, 1.54) is 0 Å². The Labute approximate surface area is 104 Å². The van der Waals surface area contributed by atoms with Crippen molar-refractivity contribution in [3.63, 3.8) is 0 Å². The first-order chi connectivity index (χ1) is 8.69. The van der Waals surface area contributed by atoms with Crippen LogP contribution in [0.3, 0.4) is 0 Å². The van der Waals surface area contributed by atoms with Crippen molar-refractivity contribution in [3.05, 3.63) is 17.6 Å². The lowest BCUT2D eigenvalue weighted by atomic mass is 10.3. The van der Waals surface area contributed by atoms with Crippen molar-refractivity contribution in [1.29, 1.82) is 0 Å². The Morgan fingerprint density at radius 1 is 1.44 bits per heavy atom. The second-order valence-corrected chi connectivity index (χ2v) is 3.74. The number of aromatic nitrogens is 6. The van der Waals surface area contributed by atoms with Crippen molar-refractivity contribution in [2.45, 2.75) is 26.8 Å². The van der Waals surface area contributed by atoms with Gasteiger partial charge in [-0.15, -0.1) is 10.2 Å². The van der Waals surface area contributed by atoms with E-state index in [0.717, 1.165) is 5.69 Å². The Bertz CT molecular complexity index is 499. The van der Waals surface area contributed by atoms with Crippen molar-refractivity contribution >= 4 is 5.95 Å². The van der Waals surface area contributed by atoms with Gasteiger partial charge in [-0.05, 0) is 20.8 Å². The van der Waals surface area contributed by atoms with E-state index in [2.05, 4.69) is 35.9 Å². The lowest BCUT2D eigenvalue weighted by Crippen LogP contribution is -2.12. The van der Waals surface area contributed by atoms with Gasteiger partial charge in [-0.2, -0.15) is 10.2 Å². The number of H-pyrrole nitrogens is 1. The molecule has 2 aromatic rings. The Kier molecular flexibility index (Phi) is 3.66. The van der Waals surface area contributed by atoms with Gasteiger partial charge in [0, 0.05) is 11.8 Å². The summed E-state index contributed by atoms with van der Waals surface area (Å²) >= 11 is 0. The first kappa shape index (κ1) is 12.2. The van der Waals surface area contributed by atoms with E-state index in [-0.39, 0.29) is 6.04 Å². The van der Waals surface area contributed by atoms with Gasteiger partial charge in [-0.3, -0.25) is 0 Å². The number of anilines is 1. The largest absolute Gasteiger partial charge is 0.478 e. The molecule has 0 fully saturated rings. The molecule has 2 aromatic heterocycles. The van der Waals surface area contributed by atoms with Crippen molar-refractivity contribution in [2.75, 3.05) is 11.9 Å². The zero-order valence-electron chi connectivity index (χ0n) is 10.5. The molecule has 96 valence electrons. The summed E-state index contributed by atoms with van der Waals surface area (Å²) in [6.07, 6.45) is 0. The number of aryl methyl sites for hydroxylation is 1. The lowest BCUT2D eigenvalue weighted by Gasteiger charge is -2.11. The molecule has 0 amide bonds. The van der Waals surface area contributed by atoms with E-state index in [9.17, 15) is 0 Å². The van der Waals surface area contributed by atoms with Crippen molar-refractivity contribution in [3.8, 4) is 5.88 Å². The highest BCUT2D eigenvalue weighted by molar-refractivity contribution is 5.32. The minimum atomic E-state index is -0.139. The van der Waals surface area contributed by atoms with Gasteiger partial charge in [-0.25, -0.2) is 4.98 Å². The lowest BCUT2D eigenvalue weighted by molar-refractivity contribution is 0.326. The van der Waals surface area contributed by atoms with Gasteiger partial charge in [0.2, 0.25) is 11.8 Å². The molecule has 1 atom stereocenters. The van der Waals surface area contributed by atoms with Gasteiger partial charge >= 0.3 is 0 Å². The summed E-state index contributed by atoms with van der Waals surface area (Å²) in [7, 11) is 0. The summed E-state index contributed by atoms with van der Waals surface area (Å²) < 4.78 is 5.36. The van der Waals surface area contributed by atoms with Crippen LogP contribution in [0.4, 0.5) is 5.95 Å². The number of ether oxygens (including phenoxy) is 1. The molecule has 0 saturated heterocycles. The second-order valence-electron chi connectivity index (χ2n) is 3.74. The Morgan fingerprint density at radius 3 is 2.94 bits per heavy atom. The zero-order chi connectivity index (χ0) is 13.0. The van der Waals surface area contributed by atoms with Crippen molar-refractivity contribution in [1.82, 2.24) is 30.6 Å². The molecule has 0 aliphatic rings. The maximum Gasteiger partial charge on any atom is 0.226 e. The molecule has 2 heterocycles. The fourth-order valence-corrected chi connectivity index (χ4v) is 1.44. The Hall–Kier alpha value is -2.25. The first-order valence-corrected chi connectivity index (χ1v) is 5.67. The summed E-state index contributed by atoms with van der Waals surface area (Å²) in [5, 5.41) is 16.8. The molecule has 0 spiro atoms. The maximum absolute atomic E-state index is 5.36. The molecular weight excluding hydrogens is 234 g/mol. The maximum atomic E-state index is 5.36. The Morgan fingerprint density at radius 2 is 2.28 bits per heavy atom. The van der Waals surface area contributed by atoms with E-state index >= 15 is 0 Å². The van der Waals surface area contributed by atoms with Crippen LogP contribution in [0.2, 0.25) is 0 Å². The minimum Gasteiger partial charge on any atom is -0.478 e. The molecule has 0 radical (unpaired) electrons. The molecule has 2 rings (SSSR count). The molecule has 0 bridgehead atoms. The molecule has 18 heavy (non-hydrogen) atoms. The third kappa shape index (κ3) is 2.90. The number of rotatable bonds is 5. The summed E-state index contributed by atoms with van der Waals surface area (Å²) in [6, 6.07) is 1.65. The SMILES string of the molecule is CCOc1cc(C)nc(NC(C)c2nn[nH]n2)n1. The van der Waals surface area contributed by atoms with Gasteiger partial charge in [0.05, 0.1) is 12.6 Å². The fraction of sp³-hybridized carbons (Fsp3) is 0.500. The quantitative estimate of drug-likeness (QED) is 0.810. The van der Waals surface area contributed by atoms with Crippen LogP contribution in [0.5, 0.6) is 5.88 Å². The third-order valence-corrected chi connectivity index (χ3v) is 2.22. The van der Waals surface area contributed by atoms with E-state index in [1.54, 1.807) is 6.07 Å². The van der Waals surface area contributed by atoms with Gasteiger partial charge in [0.25, 0.3) is 0 Å². The standard InChI is InChI=1S/C10H15N7O/c1-4-18-8-5-6(2)11-10(13-8)12-7(3)9-14-16-17-15-9/h5,7H,4H2,1-3H3,(H,11,12,13)(H,14,15,16,17). The smallest absolute Gasteiger partial charge is 0.226 e. The van der Waals surface area contributed by atoms with E-state index < -0.39 is 0 Å². The first-order valence-electron chi connectivity index (χ1n) is 5.67. The third-order valence-electron chi connectivity index (χ3n) is 2.22. The monoisotopic (exact) mass is 249 g/mol. The number of nitrogens with zero attached hydrogens (tertiary/aromatic N) is 5. The molecule has 0 aliphatic carbocycles. The number of aromatic amines is 1. The van der Waals surface area contributed by atoms with Crippen LogP contribution in [0, 0.1) is 6.92 Å². The molecule has 1 unspecified atom stereocenters. The van der Waals surface area contributed by atoms with Crippen LogP contribution < -0.4 is 10.1 Å². The van der Waals surface area contributed by atoms with Crippen LogP contribution in [0.15, 0.2) is 6.07 Å². The van der Waals surface area contributed by atoms with Crippen LogP contribution in [-0.4, -0.2) is 37.2 Å². The molecule has 0 saturated carbocycles. The average Bonchev–Trinajstić information content (AvgIpc) is 2.81. The van der Waals surface area contributed by atoms with Gasteiger partial charge in [0.15, 0.2) is 5.82 Å². The summed E-state index contributed by atoms with van der Waals surface area (Å²) in [6.45, 7) is 6.26. The van der Waals surface area contributed by atoms with Gasteiger partial charge in [0.1, 0.15) is 0 Å². The van der Waals surface area contributed by atoms with E-state index in [1.807, 2.05) is 20.8 Å². The topological polar surface area (TPSA) is 102 Å². The number of hydrogen-bond acceptors (Lipinski definition) is 7. The predicted octanol–water partition coefficient (Wildman–Crippen LogP) is 0.870. The molecule has 2 N–H and O–H groups in total. The summed E-state index contributed by atoms with van der Waals surface area (Å²) in [4.78, 5) is 8.52. The molecule has 8 nitrogen and oxygen atoms in total. The van der Waals surface area contributed by atoms with E-state index in [0.29, 0.717) is 24.3 Å². The average molecular weight is 249 g/mol. The second kappa shape index (κ2) is 5.39. The van der Waals surface area contributed by atoms with Gasteiger partial charge < -0.3 is 10.1 Å². The normalized spacial score (nSPS) is 12.2. The van der Waals surface area contributed by atoms with Crippen LogP contribution in [0.25, 0.3) is 0 Å². The summed E-state index contributed by atoms with van der Waals surface area (Å²) in [5.74, 6) is 1.58. The molecule has 8 heteroatoms. The molecule has 0 aromatic carbocycles. The molecular formula is C10H15N7O. The number of hydrogen-bond donors (Lipinski definition) is 2. The molecule has 0 aliphatic heterocycles. The van der Waals surface area contributed by atoms with Crippen LogP contribution in [-0.2, 0) is 0 Å². The highest BCUT2D eigenvalue weighted by Gasteiger charge is 2.12. The highest BCUT2D eigenvalue weighted by Crippen LogP contribution is 2.16. The van der Waals surface area contributed by atoms with Crippen molar-refractivity contribution < 1.29 is 4.74 Å². The number of tetrazole rings is 1.